The highest BCUT2D eigenvalue weighted by Gasteiger charge is 2.70. The minimum absolute atomic E-state index is 0.0166. The lowest BCUT2D eigenvalue weighted by atomic mass is 9.33. The molecule has 0 spiro atoms. The van der Waals surface area contributed by atoms with Crippen LogP contribution < -0.4 is 5.32 Å². The van der Waals surface area contributed by atoms with Crippen LogP contribution in [0.1, 0.15) is 128 Å². The maximum Gasteiger partial charge on any atom is 0.335 e. The van der Waals surface area contributed by atoms with Crippen molar-refractivity contribution >= 4 is 21.4 Å². The fourth-order valence-electron chi connectivity index (χ4n) is 15.2. The Morgan fingerprint density at radius 1 is 0.868 bits per heavy atom. The number of benzene rings is 1. The molecular weight excluding hydrogens is 679 g/mol. The van der Waals surface area contributed by atoms with Crippen molar-refractivity contribution in [2.45, 2.75) is 124 Å². The summed E-state index contributed by atoms with van der Waals surface area (Å²) >= 11 is 0. The Kier molecular flexibility index (Phi) is 9.67. The van der Waals surface area contributed by atoms with Gasteiger partial charge in [-0.1, -0.05) is 52.8 Å². The Hall–Kier alpha value is -1.74. The summed E-state index contributed by atoms with van der Waals surface area (Å²) < 4.78 is 24.3. The van der Waals surface area contributed by atoms with Gasteiger partial charge in [0.15, 0.2) is 9.84 Å². The van der Waals surface area contributed by atoms with Crippen LogP contribution in [0.25, 0.3) is 5.57 Å². The maximum atomic E-state index is 12.1. The van der Waals surface area contributed by atoms with Crippen molar-refractivity contribution in [1.82, 2.24) is 15.1 Å². The zero-order valence-electron chi connectivity index (χ0n) is 33.8. The van der Waals surface area contributed by atoms with Gasteiger partial charge in [-0.3, -0.25) is 0 Å². The molecule has 8 rings (SSSR count). The van der Waals surface area contributed by atoms with E-state index in [1.165, 1.54) is 88.4 Å². The van der Waals surface area contributed by atoms with E-state index in [1.54, 1.807) is 12.1 Å². The summed E-state index contributed by atoms with van der Waals surface area (Å²) in [4.78, 5) is 16.8. The van der Waals surface area contributed by atoms with Gasteiger partial charge in [-0.2, -0.15) is 0 Å². The van der Waals surface area contributed by atoms with Crippen LogP contribution in [0.5, 0.6) is 0 Å². The van der Waals surface area contributed by atoms with Crippen LogP contribution >= 0.6 is 0 Å². The second kappa shape index (κ2) is 13.4. The molecule has 0 aromatic heterocycles. The third kappa shape index (κ3) is 6.04. The van der Waals surface area contributed by atoms with Crippen molar-refractivity contribution in [2.75, 3.05) is 50.8 Å². The van der Waals surface area contributed by atoms with Gasteiger partial charge in [-0.15, -0.1) is 0 Å². The normalized spacial score (nSPS) is 42.8. The lowest BCUT2D eigenvalue weighted by Crippen LogP contribution is -2.68. The fraction of sp³-hybridized carbons (Fsp3) is 0.800. The minimum Gasteiger partial charge on any atom is -0.478 e. The highest BCUT2D eigenvalue weighted by molar-refractivity contribution is 7.91. The second-order valence-electron chi connectivity index (χ2n) is 20.4. The monoisotopic (exact) mass is 748 g/mol. The van der Waals surface area contributed by atoms with Crippen LogP contribution in [0, 0.1) is 51.2 Å². The standard InChI is InChI=1S/C45H69N3O4S/c1-31(48-24-7-8-25-48)34-15-20-45(46-23-26-47-27-29-53(51,52)30-28-47)22-21-43(5)36(39(34)45)13-14-38-42(4)18-16-35(32-9-11-33(12-10-32)40(49)50)41(2,3)37(42)17-19-44(38,43)6/h9-12,16,31,34,36-39,46H,7-8,13-15,17-30H2,1-6H3,(H,49,50)/t31?,34-,36+,37-,38+,39+,42-,43+,44+,45-/m0/s1. The van der Waals surface area contributed by atoms with E-state index in [0.717, 1.165) is 31.3 Å². The molecule has 1 aromatic carbocycles. The van der Waals surface area contributed by atoms with Gasteiger partial charge in [0.2, 0.25) is 0 Å². The molecule has 4 saturated carbocycles. The molecular formula is C45H69N3O4S. The lowest BCUT2D eigenvalue weighted by molar-refractivity contribution is -0.221. The quantitative estimate of drug-likeness (QED) is 0.279. The molecule has 0 amide bonds. The van der Waals surface area contributed by atoms with E-state index in [4.69, 9.17) is 0 Å². The molecule has 53 heavy (non-hydrogen) atoms. The Balaban J connectivity index is 1.08. The predicted molar refractivity (Wildman–Crippen MR) is 215 cm³/mol. The zero-order valence-corrected chi connectivity index (χ0v) is 34.6. The molecule has 6 fully saturated rings. The van der Waals surface area contributed by atoms with E-state index < -0.39 is 15.8 Å². The van der Waals surface area contributed by atoms with Crippen molar-refractivity contribution in [3.63, 3.8) is 0 Å². The Morgan fingerprint density at radius 3 is 2.25 bits per heavy atom. The molecule has 5 aliphatic carbocycles. The number of fused-ring (bicyclic) bond motifs is 7. The molecule has 2 heterocycles. The Labute approximate surface area is 321 Å². The molecule has 7 aliphatic rings. The van der Waals surface area contributed by atoms with Gasteiger partial charge in [-0.05, 0) is 165 Å². The molecule has 0 bridgehead atoms. The summed E-state index contributed by atoms with van der Waals surface area (Å²) in [5.74, 6) is 3.17. The van der Waals surface area contributed by atoms with E-state index in [2.05, 4.69) is 62.7 Å². The number of hydrogen-bond donors (Lipinski definition) is 2. The Morgan fingerprint density at radius 2 is 1.57 bits per heavy atom. The van der Waals surface area contributed by atoms with E-state index in [0.29, 0.717) is 64.8 Å². The minimum atomic E-state index is -2.86. The van der Waals surface area contributed by atoms with Gasteiger partial charge in [0.1, 0.15) is 0 Å². The van der Waals surface area contributed by atoms with Crippen LogP contribution in [0.3, 0.4) is 0 Å². The fourth-order valence-corrected chi connectivity index (χ4v) is 16.5. The van der Waals surface area contributed by atoms with Crippen LogP contribution in [0.15, 0.2) is 30.3 Å². The molecule has 2 saturated heterocycles. The summed E-state index contributed by atoms with van der Waals surface area (Å²) in [5.41, 5.74) is 3.99. The van der Waals surface area contributed by atoms with Gasteiger partial charge in [0.05, 0.1) is 17.1 Å². The highest BCUT2D eigenvalue weighted by Crippen LogP contribution is 2.76. The highest BCUT2D eigenvalue weighted by atomic mass is 32.2. The zero-order chi connectivity index (χ0) is 37.6. The number of sulfone groups is 1. The number of nitrogens with one attached hydrogen (secondary N) is 1. The first-order valence-corrected chi connectivity index (χ1v) is 23.3. The number of carboxylic acid groups (broad SMARTS) is 1. The number of rotatable bonds is 8. The third-order valence-electron chi connectivity index (χ3n) is 18.2. The van der Waals surface area contributed by atoms with Crippen molar-refractivity contribution in [3.8, 4) is 0 Å². The molecule has 7 nitrogen and oxygen atoms in total. The second-order valence-corrected chi connectivity index (χ2v) is 22.7. The van der Waals surface area contributed by atoms with Crippen molar-refractivity contribution in [2.24, 2.45) is 51.2 Å². The van der Waals surface area contributed by atoms with Gasteiger partial charge in [0.25, 0.3) is 0 Å². The molecule has 1 aromatic rings. The van der Waals surface area contributed by atoms with Gasteiger partial charge in [-0.25, -0.2) is 13.2 Å². The van der Waals surface area contributed by atoms with Crippen molar-refractivity contribution < 1.29 is 18.3 Å². The maximum absolute atomic E-state index is 12.1. The number of carboxylic acids is 1. The first-order chi connectivity index (χ1) is 25.0. The van der Waals surface area contributed by atoms with Crippen LogP contribution in [-0.4, -0.2) is 91.6 Å². The average molecular weight is 748 g/mol. The average Bonchev–Trinajstić information content (AvgIpc) is 3.79. The summed E-state index contributed by atoms with van der Waals surface area (Å²) in [7, 11) is -2.86. The summed E-state index contributed by atoms with van der Waals surface area (Å²) in [6.07, 6.45) is 16.8. The van der Waals surface area contributed by atoms with Crippen LogP contribution in [-0.2, 0) is 9.84 Å². The Bertz CT molecular complexity index is 1690. The van der Waals surface area contributed by atoms with E-state index >= 15 is 0 Å². The van der Waals surface area contributed by atoms with Gasteiger partial charge >= 0.3 is 5.97 Å². The molecule has 1 unspecified atom stereocenters. The first-order valence-electron chi connectivity index (χ1n) is 21.5. The largest absolute Gasteiger partial charge is 0.478 e. The van der Waals surface area contributed by atoms with Gasteiger partial charge in [0, 0.05) is 37.8 Å². The predicted octanol–water partition coefficient (Wildman–Crippen LogP) is 8.02. The number of likely N-dealkylation sites (tertiary alicyclic amines) is 1. The number of aromatic carboxylic acids is 1. The van der Waals surface area contributed by atoms with E-state index in [1.807, 2.05) is 12.1 Å². The summed E-state index contributed by atoms with van der Waals surface area (Å²) in [6, 6.07) is 8.27. The molecule has 0 radical (unpaired) electrons. The first kappa shape index (κ1) is 38.1. The molecule has 10 atom stereocenters. The van der Waals surface area contributed by atoms with E-state index in [9.17, 15) is 18.3 Å². The summed E-state index contributed by atoms with van der Waals surface area (Å²) in [5, 5.41) is 13.9. The third-order valence-corrected chi connectivity index (χ3v) is 19.8. The van der Waals surface area contributed by atoms with Crippen molar-refractivity contribution in [3.05, 3.63) is 41.5 Å². The van der Waals surface area contributed by atoms with Crippen LogP contribution in [0.2, 0.25) is 0 Å². The smallest absolute Gasteiger partial charge is 0.335 e. The van der Waals surface area contributed by atoms with Crippen LogP contribution in [0.4, 0.5) is 0 Å². The lowest BCUT2D eigenvalue weighted by Gasteiger charge is -2.72. The van der Waals surface area contributed by atoms with Crippen molar-refractivity contribution in [1.29, 1.82) is 0 Å². The topological polar surface area (TPSA) is 90.0 Å². The van der Waals surface area contributed by atoms with Gasteiger partial charge < -0.3 is 20.2 Å². The SMILES string of the molecule is CC([C@@H]1CC[C@]2(NCCN3CCS(=O)(=O)CC3)CC[C@]3(C)[C@H](CC[C@@H]4[C@@]5(C)CC=C(c6ccc(C(=O)O)cc6)C(C)(C)[C@@H]5CC[C@]43C)[C@@H]12)N1CCCC1. The number of hydrogen-bond acceptors (Lipinski definition) is 6. The number of allylic oxidation sites excluding steroid dienone is 2. The summed E-state index contributed by atoms with van der Waals surface area (Å²) in [6.45, 7) is 21.5. The number of carbonyl (C=O) groups is 1. The molecule has 2 aliphatic heterocycles. The molecule has 2 N–H and O–H groups in total. The van der Waals surface area contributed by atoms with E-state index in [-0.39, 0.29) is 16.4 Å². The number of nitrogens with zero attached hydrogens (tertiary/aromatic N) is 2. The molecule has 294 valence electrons. The molecule has 8 heteroatoms.